The van der Waals surface area contributed by atoms with Crippen LogP contribution in [0.4, 0.5) is 23.4 Å². The highest BCUT2D eigenvalue weighted by molar-refractivity contribution is 6.36. The van der Waals surface area contributed by atoms with Crippen molar-refractivity contribution in [1.29, 1.82) is 0 Å². The van der Waals surface area contributed by atoms with Gasteiger partial charge in [0.05, 0.1) is 11.0 Å². The lowest BCUT2D eigenvalue weighted by molar-refractivity contribution is 0.0188. The second-order valence-corrected chi connectivity index (χ2v) is 15.4. The molecule has 2 aliphatic carbocycles. The number of nitrogens with one attached hydrogen (secondary N) is 1. The average molecular weight is 699 g/mol. The summed E-state index contributed by atoms with van der Waals surface area (Å²) in [5.74, 6) is -4.77. The molecule has 2 bridgehead atoms. The van der Waals surface area contributed by atoms with Crippen molar-refractivity contribution in [3.8, 4) is 22.9 Å². The number of aromatic hydroxyl groups is 1. The first-order valence-corrected chi connectivity index (χ1v) is 17.2. The van der Waals surface area contributed by atoms with Crippen molar-refractivity contribution in [2.45, 2.75) is 75.0 Å². The second-order valence-electron chi connectivity index (χ2n) is 15.0. The third-order valence-corrected chi connectivity index (χ3v) is 11.6. The number of nitrogens with zero attached hydrogens (tertiary/aromatic N) is 4. The summed E-state index contributed by atoms with van der Waals surface area (Å²) in [5.41, 5.74) is 3.97. The van der Waals surface area contributed by atoms with Crippen LogP contribution in [-0.4, -0.2) is 82.9 Å². The van der Waals surface area contributed by atoms with Crippen LogP contribution in [0.3, 0.4) is 0 Å². The minimum Gasteiger partial charge on any atom is -0.508 e. The molecule has 260 valence electrons. The van der Waals surface area contributed by atoms with E-state index in [0.29, 0.717) is 23.9 Å². The number of hydrogen-bond donors (Lipinski definition) is 3. The number of alkyl halides is 2. The van der Waals surface area contributed by atoms with Crippen molar-refractivity contribution in [3.05, 3.63) is 53.1 Å². The fraction of sp³-hybridized carbons (Fsp3) is 0.500. The summed E-state index contributed by atoms with van der Waals surface area (Å²) in [6.45, 7) is 2.84. The van der Waals surface area contributed by atoms with E-state index in [0.717, 1.165) is 32.1 Å². The van der Waals surface area contributed by atoms with E-state index < -0.39 is 28.5 Å². The van der Waals surface area contributed by atoms with Crippen molar-refractivity contribution in [2.75, 3.05) is 38.2 Å². The molecule has 4 N–H and O–H groups in total. The lowest BCUT2D eigenvalue weighted by Crippen LogP contribution is -2.58. The first-order valence-electron chi connectivity index (χ1n) is 16.9. The monoisotopic (exact) mass is 698 g/mol. The quantitative estimate of drug-likeness (QED) is 0.176. The third-order valence-electron chi connectivity index (χ3n) is 11.2. The number of halogens is 5. The molecule has 4 fully saturated rings. The van der Waals surface area contributed by atoms with E-state index in [1.54, 1.807) is 18.2 Å². The lowest BCUT2D eigenvalue weighted by atomic mass is 9.95. The number of aromatic nitrogens is 2. The number of hydrogen-bond acceptors (Lipinski definition) is 8. The van der Waals surface area contributed by atoms with E-state index in [4.69, 9.17) is 22.1 Å². The van der Waals surface area contributed by atoms with Gasteiger partial charge in [-0.05, 0) is 69.3 Å². The van der Waals surface area contributed by atoms with Gasteiger partial charge in [0.25, 0.3) is 5.92 Å². The van der Waals surface area contributed by atoms with Gasteiger partial charge < -0.3 is 30.7 Å². The number of piperazine rings is 1. The fourth-order valence-electron chi connectivity index (χ4n) is 8.65. The van der Waals surface area contributed by atoms with Crippen LogP contribution in [0, 0.1) is 17.0 Å². The molecule has 2 aliphatic heterocycles. The molecule has 8 nitrogen and oxygen atoms in total. The number of fused-ring (bicyclic) bond motifs is 4. The minimum atomic E-state index is -2.97. The van der Waals surface area contributed by atoms with E-state index in [-0.39, 0.29) is 82.3 Å². The number of anilines is 1. The largest absolute Gasteiger partial charge is 0.508 e. The van der Waals surface area contributed by atoms with Crippen LogP contribution in [0.1, 0.15) is 45.4 Å². The number of ether oxygens (including phenoxy) is 1. The second kappa shape index (κ2) is 11.5. The summed E-state index contributed by atoms with van der Waals surface area (Å²) >= 11 is 6.53. The Bertz CT molecular complexity index is 1980. The molecule has 0 radical (unpaired) electrons. The molecule has 4 aromatic rings. The average Bonchev–Trinajstić information content (AvgIpc) is 3.27. The SMILES string of the molecule is CN(C[C@@]1(COc2nc(N3CC4CC[C@@](C)(C3)N4)c3cc(F)c(-c4cc(O)cc5cccc(Cl)c45)c(F)c3n2)CC1(F)F)[C@@H]1CCC[C@H]1N. The Morgan fingerprint density at radius 2 is 1.96 bits per heavy atom. The van der Waals surface area contributed by atoms with Crippen LogP contribution in [0.25, 0.3) is 32.8 Å². The summed E-state index contributed by atoms with van der Waals surface area (Å²) in [6.07, 6.45) is 4.16. The van der Waals surface area contributed by atoms with Gasteiger partial charge in [0.15, 0.2) is 5.82 Å². The predicted octanol–water partition coefficient (Wildman–Crippen LogP) is 6.63. The van der Waals surface area contributed by atoms with Gasteiger partial charge in [-0.2, -0.15) is 9.97 Å². The zero-order chi connectivity index (χ0) is 34.5. The van der Waals surface area contributed by atoms with E-state index in [1.165, 1.54) is 18.2 Å². The van der Waals surface area contributed by atoms with E-state index >= 15 is 17.6 Å². The molecule has 2 saturated carbocycles. The topological polar surface area (TPSA) is 99.8 Å². The maximum atomic E-state index is 16.9. The third kappa shape index (κ3) is 5.55. The minimum absolute atomic E-state index is 0.00524. The normalized spacial score (nSPS) is 29.0. The first kappa shape index (κ1) is 32.7. The number of phenols is 1. The van der Waals surface area contributed by atoms with Crippen molar-refractivity contribution < 1.29 is 27.4 Å². The molecule has 0 spiro atoms. The highest BCUT2D eigenvalue weighted by Crippen LogP contribution is 2.61. The van der Waals surface area contributed by atoms with Crippen LogP contribution in [-0.2, 0) is 0 Å². The van der Waals surface area contributed by atoms with Crippen molar-refractivity contribution >= 4 is 39.1 Å². The van der Waals surface area contributed by atoms with Crippen molar-refractivity contribution in [1.82, 2.24) is 20.2 Å². The van der Waals surface area contributed by atoms with Gasteiger partial charge in [0.2, 0.25) is 0 Å². The maximum absolute atomic E-state index is 16.9. The summed E-state index contributed by atoms with van der Waals surface area (Å²) < 4.78 is 69.3. The fourth-order valence-corrected chi connectivity index (χ4v) is 8.93. The first-order chi connectivity index (χ1) is 23.3. The molecule has 5 atom stereocenters. The molecule has 49 heavy (non-hydrogen) atoms. The van der Waals surface area contributed by atoms with Crippen LogP contribution in [0.15, 0.2) is 36.4 Å². The zero-order valence-corrected chi connectivity index (χ0v) is 28.1. The summed E-state index contributed by atoms with van der Waals surface area (Å²) in [6, 6.07) is 8.71. The lowest BCUT2D eigenvalue weighted by Gasteiger charge is -2.40. The molecule has 3 aromatic carbocycles. The molecule has 1 unspecified atom stereocenters. The van der Waals surface area contributed by atoms with Gasteiger partial charge >= 0.3 is 6.01 Å². The summed E-state index contributed by atoms with van der Waals surface area (Å²) in [7, 11) is 1.82. The van der Waals surface area contributed by atoms with Gasteiger partial charge in [0, 0.05) is 71.1 Å². The molecule has 0 amide bonds. The summed E-state index contributed by atoms with van der Waals surface area (Å²) in [4.78, 5) is 12.9. The molecule has 1 aromatic heterocycles. The molecular weight excluding hydrogens is 660 g/mol. The molecule has 13 heteroatoms. The van der Waals surface area contributed by atoms with Crippen LogP contribution in [0.2, 0.25) is 5.02 Å². The standard InChI is InChI=1S/C36H39ClF4N6O2/c1-34-10-9-20(45-34)14-47(16-34)32-23-13-25(38)29(22-12-21(48)11-19-5-3-6-24(37)28(19)22)30(39)31(23)43-33(44-32)49-18-35(15-36(35,40)41)17-46(2)27-8-4-7-26(27)42/h3,5-6,11-13,20,26-27,45,48H,4,7-10,14-18,42H2,1-2H3/t20?,26-,27-,34+,35-/m1/s1. The Labute approximate surface area is 286 Å². The zero-order valence-electron chi connectivity index (χ0n) is 27.4. The molecule has 2 saturated heterocycles. The number of phenolic OH excluding ortho intramolecular Hbond substituents is 1. The number of likely N-dealkylation sites (N-methyl/N-ethyl adjacent to an activating group) is 1. The van der Waals surface area contributed by atoms with Crippen LogP contribution < -0.4 is 20.7 Å². The Morgan fingerprint density at radius 1 is 1.16 bits per heavy atom. The Kier molecular flexibility index (Phi) is 7.71. The van der Waals surface area contributed by atoms with Gasteiger partial charge in [-0.3, -0.25) is 0 Å². The highest BCUT2D eigenvalue weighted by Gasteiger charge is 2.72. The smallest absolute Gasteiger partial charge is 0.319 e. The van der Waals surface area contributed by atoms with Gasteiger partial charge in [-0.15, -0.1) is 0 Å². The number of benzene rings is 3. The van der Waals surface area contributed by atoms with Gasteiger partial charge in [-0.25, -0.2) is 17.6 Å². The Hall–Kier alpha value is -3.45. The molecule has 8 rings (SSSR count). The molecule has 4 aliphatic rings. The van der Waals surface area contributed by atoms with E-state index in [2.05, 4.69) is 22.2 Å². The van der Waals surface area contributed by atoms with Crippen LogP contribution >= 0.6 is 11.6 Å². The van der Waals surface area contributed by atoms with Crippen molar-refractivity contribution in [3.63, 3.8) is 0 Å². The summed E-state index contributed by atoms with van der Waals surface area (Å²) in [5, 5.41) is 15.4. The Balaban J connectivity index is 1.23. The van der Waals surface area contributed by atoms with Gasteiger partial charge in [-0.1, -0.05) is 30.2 Å². The maximum Gasteiger partial charge on any atom is 0.319 e. The Morgan fingerprint density at radius 3 is 2.67 bits per heavy atom. The predicted molar refractivity (Wildman–Crippen MR) is 182 cm³/mol. The molecule has 3 heterocycles. The number of rotatable bonds is 8. The number of nitrogens with two attached hydrogens (primary N) is 1. The molecular formula is C36H39ClF4N6O2. The van der Waals surface area contributed by atoms with Gasteiger partial charge in [0.1, 0.15) is 29.5 Å². The highest BCUT2D eigenvalue weighted by atomic mass is 35.5. The van der Waals surface area contributed by atoms with E-state index in [9.17, 15) is 5.11 Å². The van der Waals surface area contributed by atoms with E-state index in [1.807, 2.05) is 16.8 Å². The van der Waals surface area contributed by atoms with Crippen LogP contribution in [0.5, 0.6) is 11.8 Å². The van der Waals surface area contributed by atoms with Crippen molar-refractivity contribution in [2.24, 2.45) is 11.1 Å².